The molecule has 2 heteroatoms. The van der Waals surface area contributed by atoms with E-state index in [0.717, 1.165) is 17.7 Å². The van der Waals surface area contributed by atoms with Crippen molar-refractivity contribution in [3.63, 3.8) is 0 Å². The molecular formula is C11H13NO. The van der Waals surface area contributed by atoms with Gasteiger partial charge in [-0.1, -0.05) is 13.8 Å². The highest BCUT2D eigenvalue weighted by Crippen LogP contribution is 2.29. The number of aromatic nitrogens is 1. The lowest BCUT2D eigenvalue weighted by molar-refractivity contribution is 0.0906. The van der Waals surface area contributed by atoms with Crippen LogP contribution in [0.4, 0.5) is 0 Å². The van der Waals surface area contributed by atoms with Crippen LogP contribution in [0.15, 0.2) is 18.3 Å². The van der Waals surface area contributed by atoms with Gasteiger partial charge in [-0.3, -0.25) is 9.78 Å². The van der Waals surface area contributed by atoms with Gasteiger partial charge in [0.1, 0.15) is 0 Å². The van der Waals surface area contributed by atoms with E-state index in [0.29, 0.717) is 5.92 Å². The Labute approximate surface area is 78.0 Å². The quantitative estimate of drug-likeness (QED) is 0.654. The number of Topliss-reactive ketones (excluding diaryl/α,β-unsaturated/α-hetero) is 1. The van der Waals surface area contributed by atoms with E-state index >= 15 is 0 Å². The molecule has 0 aliphatic heterocycles. The number of carbonyl (C=O) groups excluding carboxylic acids is 1. The number of ketones is 1. The van der Waals surface area contributed by atoms with E-state index in [9.17, 15) is 4.79 Å². The first-order chi connectivity index (χ1) is 6.20. The summed E-state index contributed by atoms with van der Waals surface area (Å²) in [5.74, 6) is 0.852. The van der Waals surface area contributed by atoms with Crippen LogP contribution in [-0.2, 0) is 6.42 Å². The fraction of sp³-hybridized carbons (Fsp3) is 0.455. The summed E-state index contributed by atoms with van der Waals surface area (Å²) in [6, 6.07) is 3.71. The third kappa shape index (κ3) is 1.26. The molecule has 0 spiro atoms. The van der Waals surface area contributed by atoms with Crippen molar-refractivity contribution < 1.29 is 4.79 Å². The first kappa shape index (κ1) is 8.42. The zero-order valence-electron chi connectivity index (χ0n) is 7.95. The van der Waals surface area contributed by atoms with Gasteiger partial charge >= 0.3 is 0 Å². The van der Waals surface area contributed by atoms with Crippen molar-refractivity contribution in [1.29, 1.82) is 0 Å². The summed E-state index contributed by atoms with van der Waals surface area (Å²) in [5, 5.41) is 0. The van der Waals surface area contributed by atoms with E-state index in [2.05, 4.69) is 18.8 Å². The highest BCUT2D eigenvalue weighted by atomic mass is 16.1. The number of pyridine rings is 1. The maximum atomic E-state index is 11.8. The molecule has 68 valence electrons. The molecule has 1 aliphatic rings. The molecule has 1 atom stereocenters. The number of hydrogen-bond acceptors (Lipinski definition) is 2. The number of hydrogen-bond donors (Lipinski definition) is 0. The molecule has 2 rings (SSSR count). The number of rotatable bonds is 1. The Hall–Kier alpha value is -1.18. The zero-order valence-corrected chi connectivity index (χ0v) is 7.95. The maximum Gasteiger partial charge on any atom is 0.168 e. The molecule has 0 radical (unpaired) electrons. The Balaban J connectivity index is 2.38. The van der Waals surface area contributed by atoms with Crippen molar-refractivity contribution in [3.8, 4) is 0 Å². The molecule has 1 aliphatic carbocycles. The molecule has 0 aromatic carbocycles. The fourth-order valence-corrected chi connectivity index (χ4v) is 1.86. The molecule has 0 fully saturated rings. The van der Waals surface area contributed by atoms with Crippen LogP contribution in [0.1, 0.15) is 29.9 Å². The van der Waals surface area contributed by atoms with Gasteiger partial charge in [0, 0.05) is 24.1 Å². The lowest BCUT2D eigenvalue weighted by Crippen LogP contribution is -2.15. The highest BCUT2D eigenvalue weighted by molar-refractivity contribution is 6.01. The molecule has 1 heterocycles. The SMILES string of the molecule is CC(C)C1Cc2ncccc2C1=O. The minimum Gasteiger partial charge on any atom is -0.294 e. The number of carbonyl (C=O) groups is 1. The van der Waals surface area contributed by atoms with Crippen molar-refractivity contribution in [2.45, 2.75) is 20.3 Å². The Morgan fingerprint density at radius 1 is 1.54 bits per heavy atom. The average Bonchev–Trinajstić information content (AvgIpc) is 2.45. The fourth-order valence-electron chi connectivity index (χ4n) is 1.86. The molecule has 1 aromatic rings. The highest BCUT2D eigenvalue weighted by Gasteiger charge is 2.32. The van der Waals surface area contributed by atoms with Crippen LogP contribution in [0.25, 0.3) is 0 Å². The van der Waals surface area contributed by atoms with Crippen molar-refractivity contribution >= 4 is 5.78 Å². The van der Waals surface area contributed by atoms with E-state index in [4.69, 9.17) is 0 Å². The van der Waals surface area contributed by atoms with Crippen molar-refractivity contribution in [2.75, 3.05) is 0 Å². The van der Waals surface area contributed by atoms with Crippen molar-refractivity contribution in [1.82, 2.24) is 4.98 Å². The van der Waals surface area contributed by atoms with Crippen LogP contribution < -0.4 is 0 Å². The summed E-state index contributed by atoms with van der Waals surface area (Å²) in [6.45, 7) is 4.18. The van der Waals surface area contributed by atoms with Crippen LogP contribution in [0.5, 0.6) is 0 Å². The molecule has 0 N–H and O–H groups in total. The van der Waals surface area contributed by atoms with Gasteiger partial charge in [-0.05, 0) is 18.1 Å². The first-order valence-electron chi connectivity index (χ1n) is 4.68. The van der Waals surface area contributed by atoms with Gasteiger partial charge in [0.25, 0.3) is 0 Å². The maximum absolute atomic E-state index is 11.8. The van der Waals surface area contributed by atoms with Crippen LogP contribution in [0.3, 0.4) is 0 Å². The molecule has 2 nitrogen and oxygen atoms in total. The van der Waals surface area contributed by atoms with E-state index in [1.54, 1.807) is 6.20 Å². The molecule has 0 saturated heterocycles. The molecular weight excluding hydrogens is 162 g/mol. The minimum absolute atomic E-state index is 0.157. The third-order valence-electron chi connectivity index (χ3n) is 2.71. The predicted molar refractivity (Wildman–Crippen MR) is 50.6 cm³/mol. The van der Waals surface area contributed by atoms with Gasteiger partial charge in [0.2, 0.25) is 0 Å². The first-order valence-corrected chi connectivity index (χ1v) is 4.68. The Morgan fingerprint density at radius 2 is 2.31 bits per heavy atom. The van der Waals surface area contributed by atoms with E-state index in [1.807, 2.05) is 12.1 Å². The summed E-state index contributed by atoms with van der Waals surface area (Å²) in [4.78, 5) is 16.0. The Bertz CT molecular complexity index is 344. The summed E-state index contributed by atoms with van der Waals surface area (Å²) in [5.41, 5.74) is 1.81. The predicted octanol–water partition coefficient (Wildman–Crippen LogP) is 2.09. The second-order valence-corrected chi connectivity index (χ2v) is 3.92. The second kappa shape index (κ2) is 2.95. The summed E-state index contributed by atoms with van der Waals surface area (Å²) in [6.07, 6.45) is 2.58. The molecule has 13 heavy (non-hydrogen) atoms. The van der Waals surface area contributed by atoms with E-state index < -0.39 is 0 Å². The molecule has 1 aromatic heterocycles. The van der Waals surface area contributed by atoms with Gasteiger partial charge in [0.15, 0.2) is 5.78 Å². The zero-order chi connectivity index (χ0) is 9.42. The summed E-state index contributed by atoms with van der Waals surface area (Å²) in [7, 11) is 0. The van der Waals surface area contributed by atoms with Crippen molar-refractivity contribution in [3.05, 3.63) is 29.6 Å². The molecule has 0 amide bonds. The van der Waals surface area contributed by atoms with Gasteiger partial charge in [-0.2, -0.15) is 0 Å². The average molecular weight is 175 g/mol. The Morgan fingerprint density at radius 3 is 2.92 bits per heavy atom. The lowest BCUT2D eigenvalue weighted by Gasteiger charge is -2.10. The molecule has 0 bridgehead atoms. The standard InChI is InChI=1S/C11H13NO/c1-7(2)9-6-10-8(11(9)13)4-3-5-12-10/h3-5,7,9H,6H2,1-2H3. The van der Waals surface area contributed by atoms with Gasteiger partial charge < -0.3 is 0 Å². The molecule has 0 saturated carbocycles. The monoisotopic (exact) mass is 175 g/mol. The summed E-state index contributed by atoms with van der Waals surface area (Å²) >= 11 is 0. The topological polar surface area (TPSA) is 30.0 Å². The van der Waals surface area contributed by atoms with E-state index in [1.165, 1.54) is 0 Å². The second-order valence-electron chi connectivity index (χ2n) is 3.92. The van der Waals surface area contributed by atoms with Gasteiger partial charge in [0.05, 0.1) is 5.69 Å². The minimum atomic E-state index is 0.157. The third-order valence-corrected chi connectivity index (χ3v) is 2.71. The number of fused-ring (bicyclic) bond motifs is 1. The van der Waals surface area contributed by atoms with E-state index in [-0.39, 0.29) is 11.7 Å². The van der Waals surface area contributed by atoms with Crippen molar-refractivity contribution in [2.24, 2.45) is 11.8 Å². The normalized spacial score (nSPS) is 20.8. The summed E-state index contributed by atoms with van der Waals surface area (Å²) < 4.78 is 0. The van der Waals surface area contributed by atoms with Crippen LogP contribution in [0, 0.1) is 11.8 Å². The van der Waals surface area contributed by atoms with Gasteiger partial charge in [-0.15, -0.1) is 0 Å². The van der Waals surface area contributed by atoms with Crippen LogP contribution >= 0.6 is 0 Å². The van der Waals surface area contributed by atoms with Crippen LogP contribution in [-0.4, -0.2) is 10.8 Å². The molecule has 1 unspecified atom stereocenters. The lowest BCUT2D eigenvalue weighted by atomic mass is 9.92. The number of nitrogens with zero attached hydrogens (tertiary/aromatic N) is 1. The van der Waals surface area contributed by atoms with Gasteiger partial charge in [-0.25, -0.2) is 0 Å². The Kier molecular flexibility index (Phi) is 1.91. The smallest absolute Gasteiger partial charge is 0.168 e. The largest absolute Gasteiger partial charge is 0.294 e. The van der Waals surface area contributed by atoms with Crippen LogP contribution in [0.2, 0.25) is 0 Å².